The van der Waals surface area contributed by atoms with Gasteiger partial charge < -0.3 is 10.4 Å². The van der Waals surface area contributed by atoms with E-state index in [9.17, 15) is 4.79 Å². The van der Waals surface area contributed by atoms with Crippen LogP contribution in [-0.4, -0.2) is 17.6 Å². The highest BCUT2D eigenvalue weighted by Crippen LogP contribution is 2.33. The van der Waals surface area contributed by atoms with Crippen LogP contribution in [0.2, 0.25) is 15.1 Å². The molecule has 1 aromatic carbocycles. The normalized spacial score (nSPS) is 10.7. The summed E-state index contributed by atoms with van der Waals surface area (Å²) in [5, 5.41) is 12.5. The van der Waals surface area contributed by atoms with Gasteiger partial charge in [-0.3, -0.25) is 0 Å². The zero-order valence-corrected chi connectivity index (χ0v) is 10.3. The van der Waals surface area contributed by atoms with Crippen LogP contribution in [0.4, 0.5) is 5.69 Å². The highest BCUT2D eigenvalue weighted by atomic mass is 35.5. The maximum Gasteiger partial charge on any atom is 0.328 e. The minimum Gasteiger partial charge on any atom is -0.478 e. The van der Waals surface area contributed by atoms with E-state index in [1.807, 2.05) is 0 Å². The third kappa shape index (κ3) is 3.93. The molecule has 0 heterocycles. The number of nitrogens with one attached hydrogen (secondary N) is 1. The molecule has 16 heavy (non-hydrogen) atoms. The summed E-state index contributed by atoms with van der Waals surface area (Å²) in [5.41, 5.74) is 0.530. The Morgan fingerprint density at radius 1 is 1.31 bits per heavy atom. The highest BCUT2D eigenvalue weighted by molar-refractivity contribution is 6.41. The quantitative estimate of drug-likeness (QED) is 0.827. The minimum absolute atomic E-state index is 0.313. The van der Waals surface area contributed by atoms with Crippen LogP contribution in [0.1, 0.15) is 0 Å². The van der Waals surface area contributed by atoms with Gasteiger partial charge in [0.15, 0.2) is 0 Å². The van der Waals surface area contributed by atoms with E-state index < -0.39 is 5.97 Å². The Morgan fingerprint density at radius 2 is 1.88 bits per heavy atom. The van der Waals surface area contributed by atoms with Gasteiger partial charge >= 0.3 is 5.97 Å². The predicted octanol–water partition coefficient (Wildman–Crippen LogP) is 3.70. The van der Waals surface area contributed by atoms with E-state index in [1.54, 1.807) is 12.1 Å². The first-order valence-corrected chi connectivity index (χ1v) is 5.42. The largest absolute Gasteiger partial charge is 0.478 e. The van der Waals surface area contributed by atoms with Crippen molar-refractivity contribution in [1.82, 2.24) is 0 Å². The lowest BCUT2D eigenvalue weighted by molar-refractivity contribution is -0.131. The van der Waals surface area contributed by atoms with Gasteiger partial charge in [0.25, 0.3) is 0 Å². The van der Waals surface area contributed by atoms with E-state index in [1.165, 1.54) is 6.08 Å². The fourth-order valence-electron chi connectivity index (χ4n) is 1.03. The average molecular weight is 281 g/mol. The molecule has 3 nitrogen and oxygen atoms in total. The van der Waals surface area contributed by atoms with Gasteiger partial charge in [-0.1, -0.05) is 40.9 Å². The summed E-state index contributed by atoms with van der Waals surface area (Å²) in [6.07, 6.45) is 2.48. The average Bonchev–Trinajstić information content (AvgIpc) is 2.14. The fourth-order valence-corrected chi connectivity index (χ4v) is 1.98. The van der Waals surface area contributed by atoms with Crippen molar-refractivity contribution < 1.29 is 9.90 Å². The number of hydrogen-bond donors (Lipinski definition) is 2. The molecule has 0 aliphatic rings. The Kier molecular flexibility index (Phi) is 4.93. The van der Waals surface area contributed by atoms with Crippen molar-refractivity contribution in [3.8, 4) is 0 Å². The molecule has 0 aliphatic carbocycles. The van der Waals surface area contributed by atoms with Crippen LogP contribution in [0.3, 0.4) is 0 Å². The SMILES string of the molecule is O=C(O)/C=C/CNc1c(Cl)cc(Cl)cc1Cl. The van der Waals surface area contributed by atoms with E-state index in [-0.39, 0.29) is 0 Å². The predicted molar refractivity (Wildman–Crippen MR) is 66.7 cm³/mol. The van der Waals surface area contributed by atoms with Crippen molar-refractivity contribution >= 4 is 46.5 Å². The molecule has 0 spiro atoms. The molecule has 2 N–H and O–H groups in total. The Morgan fingerprint density at radius 3 is 2.38 bits per heavy atom. The lowest BCUT2D eigenvalue weighted by Gasteiger charge is -2.08. The van der Waals surface area contributed by atoms with Gasteiger partial charge in [-0.25, -0.2) is 4.79 Å². The maximum atomic E-state index is 10.2. The lowest BCUT2D eigenvalue weighted by atomic mass is 10.3. The van der Waals surface area contributed by atoms with Crippen LogP contribution in [0.15, 0.2) is 24.3 Å². The summed E-state index contributed by atoms with van der Waals surface area (Å²) in [6, 6.07) is 3.11. The third-order valence-electron chi connectivity index (χ3n) is 1.66. The molecule has 6 heteroatoms. The van der Waals surface area contributed by atoms with Crippen LogP contribution in [0.25, 0.3) is 0 Å². The van der Waals surface area contributed by atoms with Gasteiger partial charge in [0.2, 0.25) is 0 Å². The van der Waals surface area contributed by atoms with Gasteiger partial charge in [-0.15, -0.1) is 0 Å². The summed E-state index contributed by atoms with van der Waals surface area (Å²) in [4.78, 5) is 10.2. The molecule has 0 atom stereocenters. The van der Waals surface area contributed by atoms with Crippen molar-refractivity contribution in [1.29, 1.82) is 0 Å². The number of rotatable bonds is 4. The van der Waals surface area contributed by atoms with E-state index in [0.717, 1.165) is 6.08 Å². The highest BCUT2D eigenvalue weighted by Gasteiger charge is 2.06. The van der Waals surface area contributed by atoms with E-state index in [4.69, 9.17) is 39.9 Å². The molecular weight excluding hydrogens is 272 g/mol. The third-order valence-corrected chi connectivity index (χ3v) is 2.48. The molecule has 0 aliphatic heterocycles. The van der Waals surface area contributed by atoms with Crippen molar-refractivity contribution in [2.75, 3.05) is 11.9 Å². The molecule has 0 aromatic heterocycles. The number of carboxylic acids is 1. The first-order chi connectivity index (χ1) is 7.50. The number of carbonyl (C=O) groups is 1. The summed E-state index contributed by atoms with van der Waals surface area (Å²) in [6.45, 7) is 0.313. The monoisotopic (exact) mass is 279 g/mol. The Hall–Kier alpha value is -0.900. The number of carboxylic acid groups (broad SMARTS) is 1. The van der Waals surface area contributed by atoms with E-state index in [0.29, 0.717) is 27.3 Å². The first kappa shape index (κ1) is 13.2. The second-order valence-corrected chi connectivity index (χ2v) is 4.12. The molecule has 86 valence electrons. The van der Waals surface area contributed by atoms with Crippen molar-refractivity contribution in [3.63, 3.8) is 0 Å². The topological polar surface area (TPSA) is 49.3 Å². The fraction of sp³-hybridized carbons (Fsp3) is 0.100. The molecule has 0 amide bonds. The number of halogens is 3. The number of benzene rings is 1. The van der Waals surface area contributed by atoms with Gasteiger partial charge in [0.05, 0.1) is 15.7 Å². The lowest BCUT2D eigenvalue weighted by Crippen LogP contribution is -2.00. The van der Waals surface area contributed by atoms with Crippen LogP contribution < -0.4 is 5.32 Å². The number of hydrogen-bond acceptors (Lipinski definition) is 2. The van der Waals surface area contributed by atoms with Crippen LogP contribution >= 0.6 is 34.8 Å². The standard InChI is InChI=1S/C10H8Cl3NO2/c11-6-4-7(12)10(8(13)5-6)14-3-1-2-9(15)16/h1-2,4-5,14H,3H2,(H,15,16)/b2-1+. The van der Waals surface area contributed by atoms with Crippen molar-refractivity contribution in [2.24, 2.45) is 0 Å². The molecule has 0 unspecified atom stereocenters. The van der Waals surface area contributed by atoms with Crippen molar-refractivity contribution in [2.45, 2.75) is 0 Å². The molecule has 1 rings (SSSR count). The summed E-state index contributed by atoms with van der Waals surface area (Å²) < 4.78 is 0. The second-order valence-electron chi connectivity index (χ2n) is 2.87. The van der Waals surface area contributed by atoms with Crippen molar-refractivity contribution in [3.05, 3.63) is 39.4 Å². The smallest absolute Gasteiger partial charge is 0.328 e. The maximum absolute atomic E-state index is 10.2. The Labute approximate surface area is 108 Å². The Balaban J connectivity index is 2.71. The Bertz CT molecular complexity index is 409. The minimum atomic E-state index is -1.00. The van der Waals surface area contributed by atoms with Crippen LogP contribution in [0, 0.1) is 0 Å². The summed E-state index contributed by atoms with van der Waals surface area (Å²) in [7, 11) is 0. The van der Waals surface area contributed by atoms with E-state index >= 15 is 0 Å². The first-order valence-electron chi connectivity index (χ1n) is 4.28. The molecule has 0 radical (unpaired) electrons. The zero-order valence-electron chi connectivity index (χ0n) is 8.01. The van der Waals surface area contributed by atoms with Gasteiger partial charge in [-0.05, 0) is 12.1 Å². The zero-order chi connectivity index (χ0) is 12.1. The van der Waals surface area contributed by atoms with Crippen LogP contribution in [0.5, 0.6) is 0 Å². The molecule has 0 saturated heterocycles. The van der Waals surface area contributed by atoms with Gasteiger partial charge in [-0.2, -0.15) is 0 Å². The van der Waals surface area contributed by atoms with E-state index in [2.05, 4.69) is 5.32 Å². The number of anilines is 1. The molecule has 1 aromatic rings. The summed E-state index contributed by atoms with van der Waals surface area (Å²) in [5.74, 6) is -1.00. The second kappa shape index (κ2) is 5.99. The number of aliphatic carboxylic acids is 1. The molecule has 0 fully saturated rings. The summed E-state index contributed by atoms with van der Waals surface area (Å²) >= 11 is 17.5. The van der Waals surface area contributed by atoms with Gasteiger partial charge in [0.1, 0.15) is 0 Å². The molecule has 0 bridgehead atoms. The van der Waals surface area contributed by atoms with Gasteiger partial charge in [0, 0.05) is 17.6 Å². The molecule has 0 saturated carbocycles. The van der Waals surface area contributed by atoms with Crippen LogP contribution in [-0.2, 0) is 4.79 Å². The molecular formula is C10H8Cl3NO2.